The number of aromatic amines is 1. The molecule has 0 aliphatic carbocycles. The molecule has 8 heteroatoms. The Hall–Kier alpha value is -2.51. The number of thioether (sulfide) groups is 1. The summed E-state index contributed by atoms with van der Waals surface area (Å²) >= 11 is 6.83. The van der Waals surface area contributed by atoms with Crippen molar-refractivity contribution in [3.63, 3.8) is 0 Å². The first kappa shape index (κ1) is 19.3. The van der Waals surface area contributed by atoms with E-state index >= 15 is 0 Å². The van der Waals surface area contributed by atoms with Crippen molar-refractivity contribution in [3.05, 3.63) is 92.4 Å². The normalized spacial score (nSPS) is 10.8. The Morgan fingerprint density at radius 3 is 2.44 bits per heavy atom. The predicted octanol–water partition coefficient (Wildman–Crippen LogP) is 4.27. The minimum atomic E-state index is -0.704. The summed E-state index contributed by atoms with van der Waals surface area (Å²) in [6.07, 6.45) is -0.166. The molecule has 2 aromatic carbocycles. The number of hydrogen-bond acceptors (Lipinski definition) is 4. The van der Waals surface area contributed by atoms with Crippen molar-refractivity contribution in [2.24, 2.45) is 0 Å². The van der Waals surface area contributed by atoms with Crippen molar-refractivity contribution < 1.29 is 13.6 Å². The van der Waals surface area contributed by atoms with Gasteiger partial charge >= 0.3 is 0 Å². The summed E-state index contributed by atoms with van der Waals surface area (Å²) in [5.74, 6) is -1.53. The van der Waals surface area contributed by atoms with Crippen LogP contribution in [0.2, 0.25) is 5.02 Å². The van der Waals surface area contributed by atoms with Crippen LogP contribution >= 0.6 is 23.4 Å². The number of carbonyl (C=O) groups excluding carboxylic acids is 1. The summed E-state index contributed by atoms with van der Waals surface area (Å²) in [5, 5.41) is 0.731. The standard InChI is InChI=1S/C19H13ClF2N2O2S/c20-12-6-4-11(5-7-12)17(25)10-27-19-23-13(9-18(26)24-19)8-14-15(21)2-1-3-16(14)22/h1-7,9H,8,10H2,(H,23,24,26). The molecule has 0 atom stereocenters. The molecular weight excluding hydrogens is 394 g/mol. The van der Waals surface area contributed by atoms with Gasteiger partial charge in [-0.15, -0.1) is 0 Å². The van der Waals surface area contributed by atoms with Gasteiger partial charge in [-0.05, 0) is 36.4 Å². The molecule has 0 amide bonds. The van der Waals surface area contributed by atoms with E-state index in [9.17, 15) is 18.4 Å². The Labute approximate surface area is 162 Å². The smallest absolute Gasteiger partial charge is 0.251 e. The van der Waals surface area contributed by atoms with E-state index in [4.69, 9.17) is 11.6 Å². The number of halogens is 3. The zero-order chi connectivity index (χ0) is 19.4. The number of ketones is 1. The summed E-state index contributed by atoms with van der Waals surface area (Å²) in [5.41, 5.74) is 0.0741. The van der Waals surface area contributed by atoms with Crippen molar-refractivity contribution in [1.29, 1.82) is 0 Å². The highest BCUT2D eigenvalue weighted by atomic mass is 35.5. The molecule has 4 nitrogen and oxygen atoms in total. The number of H-pyrrole nitrogens is 1. The number of nitrogens with zero attached hydrogens (tertiary/aromatic N) is 1. The van der Waals surface area contributed by atoms with Crippen LogP contribution in [0.5, 0.6) is 0 Å². The summed E-state index contributed by atoms with van der Waals surface area (Å²) in [6.45, 7) is 0. The number of nitrogens with one attached hydrogen (secondary N) is 1. The maximum atomic E-state index is 13.8. The van der Waals surface area contributed by atoms with Gasteiger partial charge in [0.05, 0.1) is 11.4 Å². The fraction of sp³-hybridized carbons (Fsp3) is 0.105. The molecule has 138 valence electrons. The third kappa shape index (κ3) is 5.02. The van der Waals surface area contributed by atoms with Crippen molar-refractivity contribution in [1.82, 2.24) is 9.97 Å². The Kier molecular flexibility index (Phi) is 6.03. The molecule has 3 rings (SSSR count). The van der Waals surface area contributed by atoms with Gasteiger partial charge in [-0.25, -0.2) is 13.8 Å². The molecule has 0 radical (unpaired) electrons. The SMILES string of the molecule is O=C(CSc1nc(Cc2c(F)cccc2F)cc(=O)[nH]1)c1ccc(Cl)cc1. The zero-order valence-electron chi connectivity index (χ0n) is 13.8. The summed E-state index contributed by atoms with van der Waals surface area (Å²) in [4.78, 5) is 30.7. The fourth-order valence-electron chi connectivity index (χ4n) is 2.38. The quantitative estimate of drug-likeness (QED) is 0.377. The third-order valence-electron chi connectivity index (χ3n) is 3.70. The lowest BCUT2D eigenvalue weighted by molar-refractivity contribution is 0.102. The molecule has 0 aliphatic rings. The molecule has 0 saturated carbocycles. The second-order valence-electron chi connectivity index (χ2n) is 5.64. The van der Waals surface area contributed by atoms with Gasteiger partial charge in [-0.2, -0.15) is 0 Å². The molecule has 0 unspecified atom stereocenters. The Balaban J connectivity index is 1.74. The highest BCUT2D eigenvalue weighted by Gasteiger charge is 2.13. The predicted molar refractivity (Wildman–Crippen MR) is 101 cm³/mol. The lowest BCUT2D eigenvalue weighted by atomic mass is 10.1. The van der Waals surface area contributed by atoms with Crippen LogP contribution in [0.3, 0.4) is 0 Å². The van der Waals surface area contributed by atoms with Gasteiger partial charge < -0.3 is 4.98 Å². The van der Waals surface area contributed by atoms with Crippen LogP contribution < -0.4 is 5.56 Å². The maximum Gasteiger partial charge on any atom is 0.251 e. The van der Waals surface area contributed by atoms with Crippen molar-refractivity contribution in [3.8, 4) is 0 Å². The van der Waals surface area contributed by atoms with E-state index in [2.05, 4.69) is 9.97 Å². The van der Waals surface area contributed by atoms with Crippen LogP contribution in [0, 0.1) is 11.6 Å². The molecule has 1 heterocycles. The Morgan fingerprint density at radius 2 is 1.78 bits per heavy atom. The monoisotopic (exact) mass is 406 g/mol. The minimum absolute atomic E-state index is 0.0437. The molecule has 0 spiro atoms. The molecule has 27 heavy (non-hydrogen) atoms. The topological polar surface area (TPSA) is 62.8 Å². The maximum absolute atomic E-state index is 13.8. The fourth-order valence-corrected chi connectivity index (χ4v) is 3.29. The molecule has 3 aromatic rings. The van der Waals surface area contributed by atoms with Crippen LogP contribution in [0.4, 0.5) is 8.78 Å². The van der Waals surface area contributed by atoms with Crippen LogP contribution in [0.25, 0.3) is 0 Å². The van der Waals surface area contributed by atoms with Gasteiger partial charge in [0.1, 0.15) is 11.6 Å². The highest BCUT2D eigenvalue weighted by Crippen LogP contribution is 2.19. The summed E-state index contributed by atoms with van der Waals surface area (Å²) in [6, 6.07) is 11.2. The summed E-state index contributed by atoms with van der Waals surface area (Å²) < 4.78 is 27.6. The number of hydrogen-bond donors (Lipinski definition) is 1. The number of rotatable bonds is 6. The average Bonchev–Trinajstić information content (AvgIpc) is 2.63. The highest BCUT2D eigenvalue weighted by molar-refractivity contribution is 7.99. The van der Waals surface area contributed by atoms with E-state index in [0.717, 1.165) is 23.9 Å². The van der Waals surface area contributed by atoms with Gasteiger partial charge in [0, 0.05) is 28.6 Å². The first-order chi connectivity index (χ1) is 12.9. The Bertz CT molecular complexity index is 1020. The first-order valence-corrected chi connectivity index (χ1v) is 9.23. The lowest BCUT2D eigenvalue weighted by Gasteiger charge is -2.06. The number of benzene rings is 2. The lowest BCUT2D eigenvalue weighted by Crippen LogP contribution is -2.12. The number of aromatic nitrogens is 2. The van der Waals surface area contributed by atoms with Gasteiger partial charge in [0.25, 0.3) is 5.56 Å². The van der Waals surface area contributed by atoms with E-state index in [0.29, 0.717) is 10.6 Å². The van der Waals surface area contributed by atoms with Crippen molar-refractivity contribution in [2.45, 2.75) is 11.6 Å². The molecule has 0 aliphatic heterocycles. The van der Waals surface area contributed by atoms with E-state index in [1.807, 2.05) is 0 Å². The van der Waals surface area contributed by atoms with E-state index in [-0.39, 0.29) is 34.4 Å². The molecule has 1 N–H and O–H groups in total. The Morgan fingerprint density at radius 1 is 1.11 bits per heavy atom. The van der Waals surface area contributed by atoms with Crippen LogP contribution in [0.15, 0.2) is 58.5 Å². The average molecular weight is 407 g/mol. The van der Waals surface area contributed by atoms with Crippen LogP contribution in [-0.4, -0.2) is 21.5 Å². The van der Waals surface area contributed by atoms with Crippen molar-refractivity contribution >= 4 is 29.1 Å². The second kappa shape index (κ2) is 8.45. The van der Waals surface area contributed by atoms with Gasteiger partial charge in [-0.1, -0.05) is 29.4 Å². The van der Waals surface area contributed by atoms with Crippen molar-refractivity contribution in [2.75, 3.05) is 5.75 Å². The van der Waals surface area contributed by atoms with E-state index in [1.54, 1.807) is 24.3 Å². The molecule has 0 saturated heterocycles. The van der Waals surface area contributed by atoms with E-state index < -0.39 is 17.2 Å². The first-order valence-electron chi connectivity index (χ1n) is 7.87. The number of carbonyl (C=O) groups is 1. The molecule has 1 aromatic heterocycles. The van der Waals surface area contributed by atoms with Crippen LogP contribution in [0.1, 0.15) is 21.6 Å². The zero-order valence-corrected chi connectivity index (χ0v) is 15.4. The third-order valence-corrected chi connectivity index (χ3v) is 4.82. The second-order valence-corrected chi connectivity index (χ2v) is 7.04. The summed E-state index contributed by atoms with van der Waals surface area (Å²) in [7, 11) is 0. The van der Waals surface area contributed by atoms with Gasteiger partial charge in [0.2, 0.25) is 0 Å². The van der Waals surface area contributed by atoms with Gasteiger partial charge in [-0.3, -0.25) is 9.59 Å². The van der Waals surface area contributed by atoms with E-state index in [1.165, 1.54) is 12.1 Å². The molecule has 0 bridgehead atoms. The van der Waals surface area contributed by atoms with Crippen LogP contribution in [-0.2, 0) is 6.42 Å². The minimum Gasteiger partial charge on any atom is -0.301 e. The largest absolute Gasteiger partial charge is 0.301 e. The van der Waals surface area contributed by atoms with Gasteiger partial charge in [0.15, 0.2) is 10.9 Å². The molecular formula is C19H13ClF2N2O2S. The number of Topliss-reactive ketones (excluding diaryl/α,β-unsaturated/α-hetero) is 1. The molecule has 0 fully saturated rings.